The van der Waals surface area contributed by atoms with Gasteiger partial charge in [-0.3, -0.25) is 9.48 Å². The molecule has 1 aromatic heterocycles. The van der Waals surface area contributed by atoms with Crippen LogP contribution in [0.1, 0.15) is 10.5 Å². The van der Waals surface area contributed by atoms with Crippen molar-refractivity contribution in [3.05, 3.63) is 44.7 Å². The van der Waals surface area contributed by atoms with E-state index in [1.165, 1.54) is 0 Å². The van der Waals surface area contributed by atoms with Crippen LogP contribution in [0.5, 0.6) is 0 Å². The Labute approximate surface area is 117 Å². The number of halogens is 2. The number of hydrogen-bond acceptors (Lipinski definition) is 2. The van der Waals surface area contributed by atoms with Crippen LogP contribution in [0.15, 0.2) is 30.5 Å². The first-order valence-corrected chi connectivity index (χ1v) is 6.28. The summed E-state index contributed by atoms with van der Waals surface area (Å²) in [5, 5.41) is 7.45. The highest BCUT2D eigenvalue weighted by molar-refractivity contribution is 14.1. The minimum atomic E-state index is -0.184. The summed E-state index contributed by atoms with van der Waals surface area (Å²) in [6.45, 7) is 0. The van der Waals surface area contributed by atoms with Crippen LogP contribution in [0.2, 0.25) is 5.02 Å². The number of amides is 1. The molecular weight excluding hydrogens is 352 g/mol. The Morgan fingerprint density at radius 2 is 2.06 bits per heavy atom. The van der Waals surface area contributed by atoms with Crippen molar-refractivity contribution in [1.29, 1.82) is 0 Å². The van der Waals surface area contributed by atoms with Gasteiger partial charge in [-0.15, -0.1) is 0 Å². The van der Waals surface area contributed by atoms with Crippen molar-refractivity contribution in [2.45, 2.75) is 0 Å². The molecule has 0 radical (unpaired) electrons. The highest BCUT2D eigenvalue weighted by Gasteiger charge is 2.14. The van der Waals surface area contributed by atoms with E-state index in [4.69, 9.17) is 11.6 Å². The number of carbonyl (C=O) groups is 1. The van der Waals surface area contributed by atoms with Crippen LogP contribution in [0.3, 0.4) is 0 Å². The van der Waals surface area contributed by atoms with E-state index in [1.54, 1.807) is 42.2 Å². The SMILES string of the molecule is Cn1ncc(I)c1C(=O)Nc1ccc(Cl)cc1. The molecule has 0 unspecified atom stereocenters. The number of hydrogen-bond donors (Lipinski definition) is 1. The lowest BCUT2D eigenvalue weighted by Crippen LogP contribution is -2.17. The Morgan fingerprint density at radius 3 is 2.59 bits per heavy atom. The monoisotopic (exact) mass is 361 g/mol. The maximum Gasteiger partial charge on any atom is 0.275 e. The molecule has 0 saturated heterocycles. The van der Waals surface area contributed by atoms with Gasteiger partial charge in [-0.2, -0.15) is 5.10 Å². The predicted octanol–water partition coefficient (Wildman–Crippen LogP) is 2.93. The molecule has 0 atom stereocenters. The van der Waals surface area contributed by atoms with Gasteiger partial charge < -0.3 is 5.32 Å². The van der Waals surface area contributed by atoms with E-state index in [0.717, 1.165) is 3.57 Å². The number of nitrogens with zero attached hydrogens (tertiary/aromatic N) is 2. The summed E-state index contributed by atoms with van der Waals surface area (Å²) >= 11 is 7.85. The van der Waals surface area contributed by atoms with E-state index < -0.39 is 0 Å². The third-order valence-corrected chi connectivity index (χ3v) is 3.25. The highest BCUT2D eigenvalue weighted by Crippen LogP contribution is 2.16. The Kier molecular flexibility index (Phi) is 3.68. The Bertz CT molecular complexity index is 531. The van der Waals surface area contributed by atoms with Crippen LogP contribution in [-0.2, 0) is 7.05 Å². The Morgan fingerprint density at radius 1 is 1.41 bits per heavy atom. The second-order valence-electron chi connectivity index (χ2n) is 3.43. The molecule has 0 aliphatic heterocycles. The first-order valence-electron chi connectivity index (χ1n) is 4.82. The number of rotatable bonds is 2. The normalized spacial score (nSPS) is 10.3. The fourth-order valence-corrected chi connectivity index (χ4v) is 2.23. The molecule has 1 N–H and O–H groups in total. The van der Waals surface area contributed by atoms with Crippen LogP contribution >= 0.6 is 34.2 Å². The van der Waals surface area contributed by atoms with Crippen molar-refractivity contribution in [2.75, 3.05) is 5.32 Å². The molecule has 1 heterocycles. The summed E-state index contributed by atoms with van der Waals surface area (Å²) in [6.07, 6.45) is 1.65. The summed E-state index contributed by atoms with van der Waals surface area (Å²) in [5.41, 5.74) is 1.25. The molecule has 4 nitrogen and oxygen atoms in total. The average molecular weight is 362 g/mol. The van der Waals surface area contributed by atoms with Crippen LogP contribution < -0.4 is 5.32 Å². The van der Waals surface area contributed by atoms with E-state index in [-0.39, 0.29) is 5.91 Å². The Balaban J connectivity index is 2.20. The number of aromatic nitrogens is 2. The molecule has 1 amide bonds. The third-order valence-electron chi connectivity index (χ3n) is 2.21. The first-order chi connectivity index (χ1) is 8.08. The number of carbonyl (C=O) groups excluding carboxylic acids is 1. The lowest BCUT2D eigenvalue weighted by atomic mass is 10.3. The van der Waals surface area contributed by atoms with Crippen LogP contribution in [-0.4, -0.2) is 15.7 Å². The lowest BCUT2D eigenvalue weighted by Gasteiger charge is -2.05. The molecule has 0 spiro atoms. The van der Waals surface area contributed by atoms with Gasteiger partial charge in [-0.05, 0) is 46.9 Å². The summed E-state index contributed by atoms with van der Waals surface area (Å²) in [5.74, 6) is -0.184. The zero-order chi connectivity index (χ0) is 12.4. The largest absolute Gasteiger partial charge is 0.321 e. The van der Waals surface area contributed by atoms with Gasteiger partial charge in [0.05, 0.1) is 9.77 Å². The van der Waals surface area contributed by atoms with E-state index in [1.807, 2.05) is 0 Å². The van der Waals surface area contributed by atoms with Gasteiger partial charge >= 0.3 is 0 Å². The molecule has 0 fully saturated rings. The average Bonchev–Trinajstić information content (AvgIpc) is 2.62. The lowest BCUT2D eigenvalue weighted by molar-refractivity contribution is 0.101. The summed E-state index contributed by atoms with van der Waals surface area (Å²) in [4.78, 5) is 12.0. The summed E-state index contributed by atoms with van der Waals surface area (Å²) in [6, 6.07) is 6.96. The van der Waals surface area contributed by atoms with Crippen LogP contribution in [0.4, 0.5) is 5.69 Å². The first kappa shape index (κ1) is 12.4. The Hall–Kier alpha value is -1.08. The topological polar surface area (TPSA) is 46.9 Å². The number of anilines is 1. The molecule has 0 aliphatic rings. The van der Waals surface area contributed by atoms with Crippen molar-refractivity contribution in [1.82, 2.24) is 9.78 Å². The summed E-state index contributed by atoms with van der Waals surface area (Å²) in [7, 11) is 1.74. The predicted molar refractivity (Wildman–Crippen MR) is 75.3 cm³/mol. The molecule has 88 valence electrons. The molecule has 1 aromatic carbocycles. The van der Waals surface area contributed by atoms with Crippen LogP contribution in [0, 0.1) is 3.57 Å². The zero-order valence-electron chi connectivity index (χ0n) is 8.95. The zero-order valence-corrected chi connectivity index (χ0v) is 11.9. The van der Waals surface area contributed by atoms with Gasteiger partial charge in [0.2, 0.25) is 0 Å². The number of aryl methyl sites for hydroxylation is 1. The second kappa shape index (κ2) is 5.05. The van der Waals surface area contributed by atoms with Gasteiger partial charge in [0.15, 0.2) is 0 Å². The van der Waals surface area contributed by atoms with Gasteiger partial charge in [-0.1, -0.05) is 11.6 Å². The molecule has 17 heavy (non-hydrogen) atoms. The third kappa shape index (κ3) is 2.78. The fraction of sp³-hybridized carbons (Fsp3) is 0.0909. The molecule has 0 saturated carbocycles. The van der Waals surface area contributed by atoms with Gasteiger partial charge in [0.25, 0.3) is 5.91 Å². The van der Waals surface area contributed by atoms with Gasteiger partial charge in [-0.25, -0.2) is 0 Å². The molecule has 0 aliphatic carbocycles. The molecule has 2 rings (SSSR count). The van der Waals surface area contributed by atoms with E-state index in [0.29, 0.717) is 16.4 Å². The van der Waals surface area contributed by atoms with E-state index >= 15 is 0 Å². The minimum Gasteiger partial charge on any atom is -0.321 e. The van der Waals surface area contributed by atoms with Gasteiger partial charge in [0, 0.05) is 17.8 Å². The number of nitrogens with one attached hydrogen (secondary N) is 1. The van der Waals surface area contributed by atoms with E-state index in [9.17, 15) is 4.79 Å². The quantitative estimate of drug-likeness (QED) is 0.836. The van der Waals surface area contributed by atoms with Gasteiger partial charge in [0.1, 0.15) is 5.69 Å². The fourth-order valence-electron chi connectivity index (χ4n) is 1.39. The molecular formula is C11H9ClIN3O. The maximum atomic E-state index is 12.0. The van der Waals surface area contributed by atoms with Crippen molar-refractivity contribution in [2.24, 2.45) is 7.05 Å². The van der Waals surface area contributed by atoms with Crippen molar-refractivity contribution in [3.8, 4) is 0 Å². The van der Waals surface area contributed by atoms with Crippen LogP contribution in [0.25, 0.3) is 0 Å². The molecule has 2 aromatic rings. The van der Waals surface area contributed by atoms with Crippen molar-refractivity contribution >= 4 is 45.8 Å². The smallest absolute Gasteiger partial charge is 0.275 e. The van der Waals surface area contributed by atoms with Crippen molar-refractivity contribution in [3.63, 3.8) is 0 Å². The molecule has 6 heteroatoms. The molecule has 0 bridgehead atoms. The number of benzene rings is 1. The highest BCUT2D eigenvalue weighted by atomic mass is 127. The maximum absolute atomic E-state index is 12.0. The summed E-state index contributed by atoms with van der Waals surface area (Å²) < 4.78 is 2.36. The minimum absolute atomic E-state index is 0.184. The van der Waals surface area contributed by atoms with E-state index in [2.05, 4.69) is 33.0 Å². The second-order valence-corrected chi connectivity index (χ2v) is 5.02. The van der Waals surface area contributed by atoms with Crippen molar-refractivity contribution < 1.29 is 4.79 Å². The standard InChI is InChI=1S/C11H9ClIN3O/c1-16-10(9(13)6-14-16)11(17)15-8-4-2-7(12)3-5-8/h2-6H,1H3,(H,15,17).